The number of rotatable bonds is 11. The fourth-order valence-electron chi connectivity index (χ4n) is 5.87. The SMILES string of the molecule is CCC(=O)N[C@H](Cc1cc(F)c(NC(=O)[C@@H](NC(=O)c2ccnn2CC)C2CCCCC2)cc1F)C(=O)N1CCN(C)CC1. The maximum absolute atomic E-state index is 15.4. The molecule has 2 heterocycles. The summed E-state index contributed by atoms with van der Waals surface area (Å²) in [5.41, 5.74) is -0.169. The molecule has 1 aliphatic carbocycles. The van der Waals surface area contributed by atoms with Crippen LogP contribution in [0, 0.1) is 17.6 Å². The monoisotopic (exact) mass is 615 g/mol. The summed E-state index contributed by atoms with van der Waals surface area (Å²) in [5, 5.41) is 12.1. The van der Waals surface area contributed by atoms with Crippen molar-refractivity contribution in [1.29, 1.82) is 0 Å². The Balaban J connectivity index is 1.51. The summed E-state index contributed by atoms with van der Waals surface area (Å²) in [7, 11) is 1.95. The van der Waals surface area contributed by atoms with Gasteiger partial charge in [-0.2, -0.15) is 5.10 Å². The Morgan fingerprint density at radius 2 is 1.68 bits per heavy atom. The zero-order valence-corrected chi connectivity index (χ0v) is 25.7. The summed E-state index contributed by atoms with van der Waals surface area (Å²) in [6, 6.07) is 1.37. The lowest BCUT2D eigenvalue weighted by Crippen LogP contribution is -2.55. The smallest absolute Gasteiger partial charge is 0.270 e. The number of nitrogens with zero attached hydrogens (tertiary/aromatic N) is 4. The molecule has 2 aliphatic rings. The average Bonchev–Trinajstić information content (AvgIpc) is 3.51. The van der Waals surface area contributed by atoms with E-state index in [0.717, 1.165) is 31.4 Å². The molecule has 0 unspecified atom stereocenters. The second-order valence-corrected chi connectivity index (χ2v) is 11.6. The van der Waals surface area contributed by atoms with E-state index in [1.807, 2.05) is 14.0 Å². The summed E-state index contributed by atoms with van der Waals surface area (Å²) in [6.07, 6.45) is 5.65. The number of nitrogens with one attached hydrogen (secondary N) is 3. The number of piperazine rings is 1. The average molecular weight is 616 g/mol. The Kier molecular flexibility index (Phi) is 11.4. The van der Waals surface area contributed by atoms with Gasteiger partial charge >= 0.3 is 0 Å². The molecule has 0 spiro atoms. The molecule has 0 bridgehead atoms. The fourth-order valence-corrected chi connectivity index (χ4v) is 5.87. The molecule has 2 aromatic rings. The van der Waals surface area contributed by atoms with Crippen molar-refractivity contribution in [2.75, 3.05) is 38.5 Å². The van der Waals surface area contributed by atoms with Gasteiger partial charge in [0.25, 0.3) is 5.91 Å². The number of amides is 4. The zero-order valence-electron chi connectivity index (χ0n) is 25.7. The molecule has 44 heavy (non-hydrogen) atoms. The molecule has 13 heteroatoms. The number of likely N-dealkylation sites (N-methyl/N-ethyl adjacent to an activating group) is 1. The Hall–Kier alpha value is -3.87. The zero-order chi connectivity index (χ0) is 31.8. The van der Waals surface area contributed by atoms with E-state index < -0.39 is 35.5 Å². The Morgan fingerprint density at radius 1 is 0.977 bits per heavy atom. The Bertz CT molecular complexity index is 1340. The van der Waals surface area contributed by atoms with Crippen LogP contribution in [0.25, 0.3) is 0 Å². The lowest BCUT2D eigenvalue weighted by molar-refractivity contribution is -0.137. The third-order valence-corrected chi connectivity index (χ3v) is 8.53. The van der Waals surface area contributed by atoms with Crippen molar-refractivity contribution in [2.24, 2.45) is 5.92 Å². The van der Waals surface area contributed by atoms with E-state index in [4.69, 9.17) is 0 Å². The van der Waals surface area contributed by atoms with Crippen LogP contribution < -0.4 is 16.0 Å². The van der Waals surface area contributed by atoms with Gasteiger partial charge in [-0.25, -0.2) is 8.78 Å². The van der Waals surface area contributed by atoms with Crippen molar-refractivity contribution in [2.45, 2.75) is 77.4 Å². The summed E-state index contributed by atoms with van der Waals surface area (Å²) < 4.78 is 32.3. The van der Waals surface area contributed by atoms with Gasteiger partial charge in [0, 0.05) is 57.8 Å². The second kappa shape index (κ2) is 15.2. The topological polar surface area (TPSA) is 129 Å². The van der Waals surface area contributed by atoms with E-state index in [-0.39, 0.29) is 41.8 Å². The standard InChI is InChI=1S/C31H43F2N7O4/c1-4-27(41)35-25(31(44)39-15-13-38(3)14-16-39)18-21-17-23(33)24(19-22(21)32)36-30(43)28(20-9-7-6-8-10-20)37-29(42)26-11-12-34-40(26)5-2/h11-12,17,19-20,25,28H,4-10,13-16,18H2,1-3H3,(H,35,41)(H,36,43)(H,37,42)/t25-,28+/m1/s1. The van der Waals surface area contributed by atoms with Crippen molar-refractivity contribution in [1.82, 2.24) is 30.2 Å². The summed E-state index contributed by atoms with van der Waals surface area (Å²) in [4.78, 5) is 55.8. The predicted octanol–water partition coefficient (Wildman–Crippen LogP) is 2.71. The highest BCUT2D eigenvalue weighted by atomic mass is 19.1. The summed E-state index contributed by atoms with van der Waals surface area (Å²) >= 11 is 0. The van der Waals surface area contributed by atoms with Crippen LogP contribution >= 0.6 is 0 Å². The third-order valence-electron chi connectivity index (χ3n) is 8.53. The van der Waals surface area contributed by atoms with Crippen LogP contribution in [-0.2, 0) is 27.3 Å². The molecule has 1 aromatic heterocycles. The number of hydrogen-bond donors (Lipinski definition) is 3. The molecular formula is C31H43F2N7O4. The number of anilines is 1. The molecule has 3 N–H and O–H groups in total. The lowest BCUT2D eigenvalue weighted by atomic mass is 9.83. The first-order valence-electron chi connectivity index (χ1n) is 15.5. The quantitative estimate of drug-likeness (QED) is 0.357. The third kappa shape index (κ3) is 8.19. The van der Waals surface area contributed by atoms with E-state index in [2.05, 4.69) is 25.9 Å². The predicted molar refractivity (Wildman–Crippen MR) is 161 cm³/mol. The maximum atomic E-state index is 15.4. The van der Waals surface area contributed by atoms with Gasteiger partial charge < -0.3 is 25.8 Å². The molecule has 4 amide bonds. The molecule has 1 saturated carbocycles. The van der Waals surface area contributed by atoms with Crippen LogP contribution in [-0.4, -0.2) is 88.5 Å². The molecule has 1 aromatic carbocycles. The van der Waals surface area contributed by atoms with Crippen LogP contribution in [0.5, 0.6) is 0 Å². The van der Waals surface area contributed by atoms with Crippen molar-refractivity contribution in [3.05, 3.63) is 47.3 Å². The first-order valence-corrected chi connectivity index (χ1v) is 15.5. The van der Waals surface area contributed by atoms with Gasteiger partial charge in [-0.15, -0.1) is 0 Å². The van der Waals surface area contributed by atoms with Gasteiger partial charge in [0.05, 0.1) is 5.69 Å². The lowest BCUT2D eigenvalue weighted by Gasteiger charge is -2.35. The first-order chi connectivity index (χ1) is 21.1. The number of halogens is 2. The maximum Gasteiger partial charge on any atom is 0.270 e. The van der Waals surface area contributed by atoms with Crippen LogP contribution in [0.1, 0.15) is 68.4 Å². The van der Waals surface area contributed by atoms with Gasteiger partial charge in [-0.3, -0.25) is 23.9 Å². The fraction of sp³-hybridized carbons (Fsp3) is 0.581. The van der Waals surface area contributed by atoms with Gasteiger partial charge in [0.1, 0.15) is 29.4 Å². The number of hydrogen-bond acceptors (Lipinski definition) is 6. The van der Waals surface area contributed by atoms with Crippen molar-refractivity contribution < 1.29 is 28.0 Å². The first kappa shape index (κ1) is 33.0. The van der Waals surface area contributed by atoms with Crippen LogP contribution in [0.4, 0.5) is 14.5 Å². The number of aryl methyl sites for hydroxylation is 1. The number of carbonyl (C=O) groups is 4. The highest BCUT2D eigenvalue weighted by molar-refractivity contribution is 6.00. The molecule has 4 rings (SSSR count). The Morgan fingerprint density at radius 3 is 2.34 bits per heavy atom. The molecular weight excluding hydrogens is 572 g/mol. The number of carbonyl (C=O) groups excluding carboxylic acids is 4. The van der Waals surface area contributed by atoms with E-state index in [1.165, 1.54) is 10.9 Å². The van der Waals surface area contributed by atoms with Crippen molar-refractivity contribution in [3.8, 4) is 0 Å². The molecule has 1 aliphatic heterocycles. The largest absolute Gasteiger partial charge is 0.344 e. The van der Waals surface area contributed by atoms with E-state index in [9.17, 15) is 19.2 Å². The van der Waals surface area contributed by atoms with Gasteiger partial charge in [0.2, 0.25) is 17.7 Å². The van der Waals surface area contributed by atoms with Crippen molar-refractivity contribution in [3.63, 3.8) is 0 Å². The number of benzene rings is 1. The van der Waals surface area contributed by atoms with Crippen LogP contribution in [0.3, 0.4) is 0 Å². The highest BCUT2D eigenvalue weighted by Gasteiger charge is 2.33. The molecule has 2 fully saturated rings. The number of aromatic nitrogens is 2. The van der Waals surface area contributed by atoms with Gasteiger partial charge in [0.15, 0.2) is 0 Å². The van der Waals surface area contributed by atoms with Crippen molar-refractivity contribution >= 4 is 29.3 Å². The summed E-state index contributed by atoms with van der Waals surface area (Å²) in [5.74, 6) is -3.72. The molecule has 1 saturated heterocycles. The summed E-state index contributed by atoms with van der Waals surface area (Å²) in [6.45, 7) is 6.23. The van der Waals surface area contributed by atoms with E-state index in [0.29, 0.717) is 51.3 Å². The van der Waals surface area contributed by atoms with Gasteiger partial charge in [-0.05, 0) is 50.4 Å². The van der Waals surface area contributed by atoms with E-state index >= 15 is 8.78 Å². The highest BCUT2D eigenvalue weighted by Crippen LogP contribution is 2.28. The van der Waals surface area contributed by atoms with Crippen LogP contribution in [0.15, 0.2) is 24.4 Å². The second-order valence-electron chi connectivity index (χ2n) is 11.6. The van der Waals surface area contributed by atoms with Gasteiger partial charge in [-0.1, -0.05) is 26.2 Å². The molecule has 2 atom stereocenters. The van der Waals surface area contributed by atoms with E-state index in [1.54, 1.807) is 17.9 Å². The minimum Gasteiger partial charge on any atom is -0.344 e. The van der Waals surface area contributed by atoms with Crippen LogP contribution in [0.2, 0.25) is 0 Å². The molecule has 0 radical (unpaired) electrons. The molecule has 11 nitrogen and oxygen atoms in total. The Labute approximate surface area is 256 Å². The minimum atomic E-state index is -1.07. The minimum absolute atomic E-state index is 0.102. The molecule has 240 valence electrons. The normalized spacial score (nSPS) is 17.5.